The van der Waals surface area contributed by atoms with Gasteiger partial charge in [-0.05, 0) is 57.8 Å². The van der Waals surface area contributed by atoms with Crippen LogP contribution < -0.4 is 0 Å². The molecule has 0 aliphatic carbocycles. The highest BCUT2D eigenvalue weighted by Crippen LogP contribution is 2.43. The predicted molar refractivity (Wildman–Crippen MR) is 284 cm³/mol. The van der Waals surface area contributed by atoms with Crippen molar-refractivity contribution >= 4 is 13.8 Å². The van der Waals surface area contributed by atoms with Crippen LogP contribution in [0, 0.1) is 0 Å². The molecular weight excluding hydrogens is 842 g/mol. The summed E-state index contributed by atoms with van der Waals surface area (Å²) in [6, 6.07) is 0. The van der Waals surface area contributed by atoms with Crippen LogP contribution in [0.2, 0.25) is 0 Å². The molecule has 0 bridgehead atoms. The van der Waals surface area contributed by atoms with E-state index in [0.29, 0.717) is 24.1 Å². The molecule has 1 N–H and O–H groups in total. The number of likely N-dealkylation sites (N-methyl/N-ethyl adjacent to an activating group) is 1. The Hall–Kier alpha value is -1.80. The lowest BCUT2D eigenvalue weighted by Gasteiger charge is -2.24. The van der Waals surface area contributed by atoms with Crippen molar-refractivity contribution in [1.82, 2.24) is 0 Å². The van der Waals surface area contributed by atoms with E-state index >= 15 is 0 Å². The van der Waals surface area contributed by atoms with Gasteiger partial charge in [0.1, 0.15) is 19.3 Å². The van der Waals surface area contributed by atoms with Gasteiger partial charge >= 0.3 is 13.8 Å². The van der Waals surface area contributed by atoms with E-state index in [1.807, 2.05) is 21.1 Å². The van der Waals surface area contributed by atoms with Gasteiger partial charge in [-0.25, -0.2) is 4.57 Å². The smallest absolute Gasteiger partial charge is 0.457 e. The first-order valence-electron chi connectivity index (χ1n) is 27.5. The number of hydrogen-bond donors (Lipinski definition) is 1. The van der Waals surface area contributed by atoms with Crippen molar-refractivity contribution in [1.29, 1.82) is 0 Å². The Morgan fingerprint density at radius 2 is 0.879 bits per heavy atom. The fourth-order valence-electron chi connectivity index (χ4n) is 7.64. The average molecular weight is 949 g/mol. The van der Waals surface area contributed by atoms with E-state index in [-0.39, 0.29) is 25.8 Å². The number of phosphoric acid groups is 1. The number of quaternary nitrogens is 1. The molecule has 386 valence electrons. The molecule has 0 aromatic rings. The fourth-order valence-corrected chi connectivity index (χ4v) is 8.38. The monoisotopic (exact) mass is 949 g/mol. The average Bonchev–Trinajstić information content (AvgIpc) is 3.28. The summed E-state index contributed by atoms with van der Waals surface area (Å²) < 4.78 is 35.2. The van der Waals surface area contributed by atoms with E-state index in [9.17, 15) is 14.3 Å². The SMILES string of the molecule is CC/C=C\C/C=C\C/C=C\C/C=C\C/C=C\CCCCCCCCOCC(COP(=O)(O)OCC[N+](C)(C)C)OC(=O)CCCCCCCCCCCCCCCCCCCCCCCC. The zero-order chi connectivity index (χ0) is 48.3. The number of carbonyl (C=O) groups excluding carboxylic acids is 1. The third-order valence-corrected chi connectivity index (χ3v) is 12.8. The summed E-state index contributed by atoms with van der Waals surface area (Å²) in [4.78, 5) is 23.1. The van der Waals surface area contributed by atoms with E-state index < -0.39 is 13.9 Å². The molecule has 0 aliphatic rings. The summed E-state index contributed by atoms with van der Waals surface area (Å²) in [7, 11) is 1.66. The van der Waals surface area contributed by atoms with Crippen LogP contribution in [-0.2, 0) is 27.9 Å². The third kappa shape index (κ3) is 53.2. The number of rotatable bonds is 51. The van der Waals surface area contributed by atoms with Crippen molar-refractivity contribution in [3.05, 3.63) is 60.8 Å². The second-order valence-electron chi connectivity index (χ2n) is 19.6. The van der Waals surface area contributed by atoms with Gasteiger partial charge < -0.3 is 18.9 Å². The van der Waals surface area contributed by atoms with Crippen molar-refractivity contribution in [2.75, 3.05) is 54.1 Å². The van der Waals surface area contributed by atoms with Gasteiger partial charge in [0.05, 0.1) is 34.4 Å². The quantitative estimate of drug-likeness (QED) is 0.0213. The Labute approximate surface area is 409 Å². The Balaban J connectivity index is 4.13. The van der Waals surface area contributed by atoms with Crippen molar-refractivity contribution in [3.8, 4) is 0 Å². The molecular formula is C57H107NO7P+. The molecule has 0 fully saturated rings. The highest BCUT2D eigenvalue weighted by Gasteiger charge is 2.26. The standard InChI is InChI=1S/C57H106NO7P/c1-6-8-10-12-14-16-18-20-22-24-26-28-30-32-34-36-38-40-42-44-46-48-50-57(59)65-56(55-64-66(60,61)63-53-51-58(3,4)5)54-62-52-49-47-45-43-41-39-37-35-33-31-29-27-25-23-21-19-17-15-13-11-9-7-2/h9,11,15,17,21,23,27,29,33,35,56H,6-8,10,12-14,16,18-20,22,24-26,28,30-32,34,36-55H2,1-5H3/p+1/b11-9-,17-15-,23-21-,29-27-,35-33-. The molecule has 0 rings (SSSR count). The summed E-state index contributed by atoms with van der Waals surface area (Å²) in [5, 5.41) is 0. The van der Waals surface area contributed by atoms with Gasteiger partial charge in [-0.3, -0.25) is 13.8 Å². The Bertz CT molecular complexity index is 1240. The predicted octanol–water partition coefficient (Wildman–Crippen LogP) is 17.2. The minimum Gasteiger partial charge on any atom is -0.457 e. The molecule has 0 spiro atoms. The van der Waals surface area contributed by atoms with Crippen molar-refractivity contribution in [3.63, 3.8) is 0 Å². The van der Waals surface area contributed by atoms with Gasteiger partial charge in [-0.2, -0.15) is 0 Å². The second-order valence-corrected chi connectivity index (χ2v) is 21.0. The molecule has 0 heterocycles. The molecule has 0 aromatic carbocycles. The first-order chi connectivity index (χ1) is 32.1. The lowest BCUT2D eigenvalue weighted by atomic mass is 10.0. The molecule has 0 radical (unpaired) electrons. The van der Waals surface area contributed by atoms with Gasteiger partial charge in [-0.15, -0.1) is 0 Å². The van der Waals surface area contributed by atoms with E-state index in [2.05, 4.69) is 74.6 Å². The summed E-state index contributed by atoms with van der Waals surface area (Å²) in [6.07, 6.45) is 64.2. The Morgan fingerprint density at radius 3 is 1.32 bits per heavy atom. The molecule has 2 unspecified atom stereocenters. The third-order valence-electron chi connectivity index (χ3n) is 11.8. The first kappa shape index (κ1) is 64.2. The highest BCUT2D eigenvalue weighted by atomic mass is 31.2. The topological polar surface area (TPSA) is 91.3 Å². The maximum atomic E-state index is 12.8. The number of ether oxygens (including phenoxy) is 2. The van der Waals surface area contributed by atoms with Crippen LogP contribution in [0.25, 0.3) is 0 Å². The van der Waals surface area contributed by atoms with E-state index in [1.165, 1.54) is 141 Å². The van der Waals surface area contributed by atoms with Crippen LogP contribution in [0.15, 0.2) is 60.8 Å². The van der Waals surface area contributed by atoms with Gasteiger partial charge in [0, 0.05) is 13.0 Å². The molecule has 0 saturated carbocycles. The molecule has 0 aromatic heterocycles. The molecule has 8 nitrogen and oxygen atoms in total. The zero-order valence-electron chi connectivity index (χ0n) is 43.9. The molecule has 0 aliphatic heterocycles. The highest BCUT2D eigenvalue weighted by molar-refractivity contribution is 7.47. The van der Waals surface area contributed by atoms with Gasteiger partial charge in [0.2, 0.25) is 0 Å². The molecule has 0 saturated heterocycles. The maximum Gasteiger partial charge on any atom is 0.472 e. The Morgan fingerprint density at radius 1 is 0.485 bits per heavy atom. The van der Waals surface area contributed by atoms with Gasteiger partial charge in [-0.1, -0.05) is 235 Å². The second kappa shape index (κ2) is 49.6. The summed E-state index contributed by atoms with van der Waals surface area (Å²) in [5.41, 5.74) is 0. The van der Waals surface area contributed by atoms with Crippen molar-refractivity contribution in [2.24, 2.45) is 0 Å². The normalized spacial score (nSPS) is 14.0. The molecule has 0 amide bonds. The minimum atomic E-state index is -4.29. The van der Waals surface area contributed by atoms with E-state index in [1.54, 1.807) is 0 Å². The lowest BCUT2D eigenvalue weighted by Crippen LogP contribution is -2.37. The number of hydrogen-bond acceptors (Lipinski definition) is 6. The minimum absolute atomic E-state index is 0.0844. The van der Waals surface area contributed by atoms with Crippen LogP contribution in [0.5, 0.6) is 0 Å². The van der Waals surface area contributed by atoms with Crippen LogP contribution in [0.4, 0.5) is 0 Å². The fraction of sp³-hybridized carbons (Fsp3) is 0.807. The van der Waals surface area contributed by atoms with Crippen molar-refractivity contribution in [2.45, 2.75) is 245 Å². The molecule has 9 heteroatoms. The number of allylic oxidation sites excluding steroid dienone is 10. The zero-order valence-corrected chi connectivity index (χ0v) is 44.8. The maximum absolute atomic E-state index is 12.8. The largest absolute Gasteiger partial charge is 0.472 e. The molecule has 66 heavy (non-hydrogen) atoms. The summed E-state index contributed by atoms with van der Waals surface area (Å²) >= 11 is 0. The van der Waals surface area contributed by atoms with E-state index in [4.69, 9.17) is 18.5 Å². The van der Waals surface area contributed by atoms with Crippen LogP contribution >= 0.6 is 7.82 Å². The number of phosphoric ester groups is 1. The van der Waals surface area contributed by atoms with Crippen LogP contribution in [-0.4, -0.2) is 75.6 Å². The number of unbranched alkanes of at least 4 members (excludes halogenated alkanes) is 27. The lowest BCUT2D eigenvalue weighted by molar-refractivity contribution is -0.870. The molecule has 2 atom stereocenters. The number of carbonyl (C=O) groups is 1. The van der Waals surface area contributed by atoms with E-state index in [0.717, 1.165) is 77.0 Å². The summed E-state index contributed by atoms with van der Waals surface area (Å²) in [5.74, 6) is -0.316. The number of nitrogens with zero attached hydrogens (tertiary/aromatic N) is 1. The van der Waals surface area contributed by atoms with Crippen LogP contribution in [0.1, 0.15) is 239 Å². The van der Waals surface area contributed by atoms with Gasteiger partial charge in [0.15, 0.2) is 0 Å². The van der Waals surface area contributed by atoms with Crippen LogP contribution in [0.3, 0.4) is 0 Å². The first-order valence-corrected chi connectivity index (χ1v) is 29.0. The summed E-state index contributed by atoms with van der Waals surface area (Å²) in [6.45, 7) is 5.51. The number of esters is 1. The Kier molecular flexibility index (Phi) is 48.3. The van der Waals surface area contributed by atoms with Gasteiger partial charge in [0.25, 0.3) is 0 Å². The van der Waals surface area contributed by atoms with Crippen molar-refractivity contribution < 1.29 is 37.3 Å².